The summed E-state index contributed by atoms with van der Waals surface area (Å²) in [7, 11) is 0. The highest BCUT2D eigenvalue weighted by Gasteiger charge is 2.05. The highest BCUT2D eigenvalue weighted by Crippen LogP contribution is 2.25. The Balaban J connectivity index is 2.71. The molecule has 2 aromatic rings. The van der Waals surface area contributed by atoms with Crippen molar-refractivity contribution in [2.45, 2.75) is 20.3 Å². The van der Waals surface area contributed by atoms with E-state index in [9.17, 15) is 0 Å². The Kier molecular flexibility index (Phi) is 2.22. The lowest BCUT2D eigenvalue weighted by Crippen LogP contribution is -1.81. The number of aromatic nitrogens is 1. The SMILES string of the molecule is CCc1nc2cc(C)c(C#N)cc2s1. The molecule has 0 fully saturated rings. The van der Waals surface area contributed by atoms with E-state index in [1.807, 2.05) is 19.1 Å². The number of hydrogen-bond acceptors (Lipinski definition) is 3. The summed E-state index contributed by atoms with van der Waals surface area (Å²) in [5, 5.41) is 10.0. The average Bonchev–Trinajstić information content (AvgIpc) is 2.58. The average molecular weight is 202 g/mol. The molecule has 14 heavy (non-hydrogen) atoms. The van der Waals surface area contributed by atoms with E-state index in [2.05, 4.69) is 18.0 Å². The van der Waals surface area contributed by atoms with Gasteiger partial charge < -0.3 is 0 Å². The van der Waals surface area contributed by atoms with Gasteiger partial charge in [0.25, 0.3) is 0 Å². The molecule has 0 saturated heterocycles. The summed E-state index contributed by atoms with van der Waals surface area (Å²) >= 11 is 1.67. The Labute approximate surface area is 86.8 Å². The zero-order valence-corrected chi connectivity index (χ0v) is 8.98. The summed E-state index contributed by atoms with van der Waals surface area (Å²) < 4.78 is 1.11. The lowest BCUT2D eigenvalue weighted by Gasteiger charge is -1.94. The van der Waals surface area contributed by atoms with Gasteiger partial charge in [-0.25, -0.2) is 4.98 Å². The zero-order chi connectivity index (χ0) is 10.1. The van der Waals surface area contributed by atoms with Crippen LogP contribution < -0.4 is 0 Å². The number of thiazole rings is 1. The van der Waals surface area contributed by atoms with Gasteiger partial charge in [0.15, 0.2) is 0 Å². The van der Waals surface area contributed by atoms with E-state index in [-0.39, 0.29) is 0 Å². The van der Waals surface area contributed by atoms with Crippen LogP contribution in [0.3, 0.4) is 0 Å². The smallest absolute Gasteiger partial charge is 0.0994 e. The van der Waals surface area contributed by atoms with Gasteiger partial charge in [0, 0.05) is 0 Å². The van der Waals surface area contributed by atoms with Crippen molar-refractivity contribution in [2.24, 2.45) is 0 Å². The predicted molar refractivity (Wildman–Crippen MR) is 58.5 cm³/mol. The molecule has 2 rings (SSSR count). The molecule has 0 aliphatic heterocycles. The van der Waals surface area contributed by atoms with Crippen LogP contribution >= 0.6 is 11.3 Å². The summed E-state index contributed by atoms with van der Waals surface area (Å²) in [5.41, 5.74) is 2.78. The van der Waals surface area contributed by atoms with Gasteiger partial charge >= 0.3 is 0 Å². The molecule has 2 nitrogen and oxygen atoms in total. The first-order valence-electron chi connectivity index (χ1n) is 4.54. The van der Waals surface area contributed by atoms with Crippen molar-refractivity contribution >= 4 is 21.6 Å². The molecule has 0 aliphatic carbocycles. The summed E-state index contributed by atoms with van der Waals surface area (Å²) in [6.07, 6.45) is 0.959. The Morgan fingerprint density at radius 3 is 2.93 bits per heavy atom. The first-order valence-corrected chi connectivity index (χ1v) is 5.36. The van der Waals surface area contributed by atoms with Gasteiger partial charge in [-0.1, -0.05) is 6.92 Å². The van der Waals surface area contributed by atoms with Crippen LogP contribution in [0.2, 0.25) is 0 Å². The van der Waals surface area contributed by atoms with E-state index >= 15 is 0 Å². The van der Waals surface area contributed by atoms with Crippen molar-refractivity contribution in [3.05, 3.63) is 28.3 Å². The van der Waals surface area contributed by atoms with Crippen LogP contribution in [0.4, 0.5) is 0 Å². The first kappa shape index (κ1) is 9.17. The minimum absolute atomic E-state index is 0.754. The maximum atomic E-state index is 8.88. The molecule has 1 aromatic carbocycles. The summed E-state index contributed by atoms with van der Waals surface area (Å²) in [5.74, 6) is 0. The van der Waals surface area contributed by atoms with Crippen molar-refractivity contribution in [2.75, 3.05) is 0 Å². The zero-order valence-electron chi connectivity index (χ0n) is 8.16. The first-order chi connectivity index (χ1) is 6.74. The minimum Gasteiger partial charge on any atom is -0.241 e. The highest BCUT2D eigenvalue weighted by atomic mass is 32.1. The van der Waals surface area contributed by atoms with E-state index in [0.717, 1.165) is 32.8 Å². The molecule has 1 aromatic heterocycles. The summed E-state index contributed by atoms with van der Waals surface area (Å²) in [4.78, 5) is 4.48. The van der Waals surface area contributed by atoms with E-state index in [0.29, 0.717) is 0 Å². The van der Waals surface area contributed by atoms with Gasteiger partial charge in [0.1, 0.15) is 0 Å². The molecule has 0 radical (unpaired) electrons. The van der Waals surface area contributed by atoms with Crippen molar-refractivity contribution in [3.63, 3.8) is 0 Å². The number of benzene rings is 1. The molecule has 0 N–H and O–H groups in total. The fraction of sp³-hybridized carbons (Fsp3) is 0.273. The number of aryl methyl sites for hydroxylation is 2. The molecular formula is C11H10N2S. The summed E-state index contributed by atoms with van der Waals surface area (Å²) in [6.45, 7) is 4.04. The van der Waals surface area contributed by atoms with E-state index in [1.165, 1.54) is 0 Å². The quantitative estimate of drug-likeness (QED) is 0.712. The molecule has 0 atom stereocenters. The van der Waals surface area contributed by atoms with Crippen LogP contribution in [0, 0.1) is 18.3 Å². The number of rotatable bonds is 1. The number of fused-ring (bicyclic) bond motifs is 1. The second-order valence-electron chi connectivity index (χ2n) is 3.21. The molecule has 3 heteroatoms. The van der Waals surface area contributed by atoms with Crippen LogP contribution in [0.25, 0.3) is 10.2 Å². The Hall–Kier alpha value is -1.40. The topological polar surface area (TPSA) is 36.7 Å². The van der Waals surface area contributed by atoms with Crippen molar-refractivity contribution in [3.8, 4) is 6.07 Å². The second kappa shape index (κ2) is 3.39. The van der Waals surface area contributed by atoms with Crippen LogP contribution in [0.5, 0.6) is 0 Å². The van der Waals surface area contributed by atoms with E-state index in [4.69, 9.17) is 5.26 Å². The number of nitriles is 1. The molecule has 0 amide bonds. The van der Waals surface area contributed by atoms with Crippen molar-refractivity contribution in [1.82, 2.24) is 4.98 Å². The molecule has 0 spiro atoms. The molecular weight excluding hydrogens is 192 g/mol. The van der Waals surface area contributed by atoms with Gasteiger partial charge in [-0.3, -0.25) is 0 Å². The summed E-state index contributed by atoms with van der Waals surface area (Å²) in [6, 6.07) is 6.12. The number of nitrogens with zero attached hydrogens (tertiary/aromatic N) is 2. The van der Waals surface area contributed by atoms with E-state index in [1.54, 1.807) is 11.3 Å². The Bertz CT molecular complexity index is 520. The second-order valence-corrected chi connectivity index (χ2v) is 4.32. The normalized spacial score (nSPS) is 10.4. The van der Waals surface area contributed by atoms with Crippen LogP contribution in [-0.4, -0.2) is 4.98 Å². The fourth-order valence-corrected chi connectivity index (χ4v) is 2.33. The fourth-order valence-electron chi connectivity index (χ4n) is 1.40. The third-order valence-corrected chi connectivity index (χ3v) is 3.36. The van der Waals surface area contributed by atoms with Crippen molar-refractivity contribution < 1.29 is 0 Å². The van der Waals surface area contributed by atoms with Gasteiger partial charge in [0.05, 0.1) is 26.9 Å². The van der Waals surface area contributed by atoms with Gasteiger partial charge in [-0.05, 0) is 31.0 Å². The maximum Gasteiger partial charge on any atom is 0.0994 e. The van der Waals surface area contributed by atoms with Crippen molar-refractivity contribution in [1.29, 1.82) is 5.26 Å². The third kappa shape index (κ3) is 1.38. The lowest BCUT2D eigenvalue weighted by molar-refractivity contribution is 1.11. The number of hydrogen-bond donors (Lipinski definition) is 0. The minimum atomic E-state index is 0.754. The van der Waals surface area contributed by atoms with Crippen LogP contribution in [0.1, 0.15) is 23.1 Å². The van der Waals surface area contributed by atoms with E-state index < -0.39 is 0 Å². The molecule has 0 aliphatic rings. The van der Waals surface area contributed by atoms with Gasteiger partial charge in [0.2, 0.25) is 0 Å². The third-order valence-electron chi connectivity index (χ3n) is 2.20. The molecule has 0 bridgehead atoms. The lowest BCUT2D eigenvalue weighted by atomic mass is 10.1. The highest BCUT2D eigenvalue weighted by molar-refractivity contribution is 7.18. The van der Waals surface area contributed by atoms with Gasteiger partial charge in [-0.15, -0.1) is 11.3 Å². The molecule has 0 saturated carbocycles. The predicted octanol–water partition coefficient (Wildman–Crippen LogP) is 3.04. The Morgan fingerprint density at radius 2 is 2.29 bits per heavy atom. The Morgan fingerprint density at radius 1 is 1.50 bits per heavy atom. The molecule has 70 valence electrons. The maximum absolute atomic E-state index is 8.88. The molecule has 1 heterocycles. The monoisotopic (exact) mass is 202 g/mol. The van der Waals surface area contributed by atoms with Crippen LogP contribution in [0.15, 0.2) is 12.1 Å². The largest absolute Gasteiger partial charge is 0.241 e. The standard InChI is InChI=1S/C11H10N2S/c1-3-11-13-9-4-7(2)8(6-12)5-10(9)14-11/h4-5H,3H2,1-2H3. The van der Waals surface area contributed by atoms with Crippen LogP contribution in [-0.2, 0) is 6.42 Å². The molecule has 0 unspecified atom stereocenters. The van der Waals surface area contributed by atoms with Gasteiger partial charge in [-0.2, -0.15) is 5.26 Å².